The molecule has 94 valence electrons. The van der Waals surface area contributed by atoms with Crippen molar-refractivity contribution in [2.45, 2.75) is 45.3 Å². The molecule has 1 N–H and O–H groups in total. The zero-order valence-corrected chi connectivity index (χ0v) is 10.6. The maximum absolute atomic E-state index is 12.3. The van der Waals surface area contributed by atoms with Crippen LogP contribution in [0.3, 0.4) is 0 Å². The maximum Gasteiger partial charge on any atom is 0.257 e. The van der Waals surface area contributed by atoms with Gasteiger partial charge in [0.2, 0.25) is 0 Å². The summed E-state index contributed by atoms with van der Waals surface area (Å²) in [6.45, 7) is 5.61. The van der Waals surface area contributed by atoms with Crippen molar-refractivity contribution in [2.75, 3.05) is 6.54 Å². The first-order valence-corrected chi connectivity index (χ1v) is 5.95. The van der Waals surface area contributed by atoms with Crippen molar-refractivity contribution >= 4 is 5.91 Å². The lowest BCUT2D eigenvalue weighted by Crippen LogP contribution is -2.43. The van der Waals surface area contributed by atoms with Crippen molar-refractivity contribution in [2.24, 2.45) is 0 Å². The van der Waals surface area contributed by atoms with Crippen LogP contribution in [0.5, 0.6) is 0 Å². The molecule has 0 aromatic carbocycles. The van der Waals surface area contributed by atoms with Gasteiger partial charge in [0.25, 0.3) is 5.91 Å². The van der Waals surface area contributed by atoms with E-state index in [2.05, 4.69) is 0 Å². The van der Waals surface area contributed by atoms with Gasteiger partial charge in [0.05, 0.1) is 11.2 Å². The first-order valence-electron chi connectivity index (χ1n) is 5.95. The first kappa shape index (κ1) is 12.2. The second kappa shape index (κ2) is 4.18. The standard InChI is InChI=1S/C13H19NO3/c1-9-6-10(7-17-9)12(15)14(11-4-5-11)8-13(2,3)16/h6-7,11,16H,4-5,8H2,1-3H3. The molecule has 1 heterocycles. The zero-order valence-electron chi connectivity index (χ0n) is 10.6. The molecule has 2 rings (SSSR count). The highest BCUT2D eigenvalue weighted by molar-refractivity contribution is 5.94. The Bertz CT molecular complexity index is 413. The summed E-state index contributed by atoms with van der Waals surface area (Å²) in [7, 11) is 0. The Balaban J connectivity index is 2.13. The molecule has 1 aromatic heterocycles. The Kier molecular flexibility index (Phi) is 3.00. The van der Waals surface area contributed by atoms with Gasteiger partial charge in [-0.15, -0.1) is 0 Å². The van der Waals surface area contributed by atoms with E-state index in [0.29, 0.717) is 12.1 Å². The molecule has 1 aromatic rings. The number of rotatable bonds is 4. The van der Waals surface area contributed by atoms with Crippen LogP contribution in [0.1, 0.15) is 42.8 Å². The highest BCUT2D eigenvalue weighted by Gasteiger charge is 2.36. The van der Waals surface area contributed by atoms with Gasteiger partial charge in [0.1, 0.15) is 12.0 Å². The minimum absolute atomic E-state index is 0.0496. The number of nitrogens with zero attached hydrogens (tertiary/aromatic N) is 1. The minimum atomic E-state index is -0.864. The largest absolute Gasteiger partial charge is 0.469 e. The lowest BCUT2D eigenvalue weighted by Gasteiger charge is -2.28. The molecule has 0 saturated heterocycles. The second-order valence-electron chi connectivity index (χ2n) is 5.42. The summed E-state index contributed by atoms with van der Waals surface area (Å²) in [6.07, 6.45) is 3.54. The molecule has 0 bridgehead atoms. The summed E-state index contributed by atoms with van der Waals surface area (Å²) < 4.78 is 5.16. The van der Waals surface area contributed by atoms with Crippen molar-refractivity contribution in [3.8, 4) is 0 Å². The van der Waals surface area contributed by atoms with Gasteiger partial charge in [0.15, 0.2) is 0 Å². The molecule has 0 spiro atoms. The maximum atomic E-state index is 12.3. The molecule has 0 aliphatic heterocycles. The predicted octanol–water partition coefficient (Wildman–Crippen LogP) is 1.96. The quantitative estimate of drug-likeness (QED) is 0.871. The van der Waals surface area contributed by atoms with Gasteiger partial charge in [0, 0.05) is 12.6 Å². The third-order valence-electron chi connectivity index (χ3n) is 2.78. The van der Waals surface area contributed by atoms with E-state index >= 15 is 0 Å². The van der Waals surface area contributed by atoms with E-state index in [0.717, 1.165) is 18.6 Å². The number of carbonyl (C=O) groups is 1. The zero-order chi connectivity index (χ0) is 12.6. The fourth-order valence-electron chi connectivity index (χ4n) is 1.89. The molecular weight excluding hydrogens is 218 g/mol. The van der Waals surface area contributed by atoms with Crippen molar-refractivity contribution in [3.05, 3.63) is 23.7 Å². The van der Waals surface area contributed by atoms with Gasteiger partial charge in [-0.2, -0.15) is 0 Å². The molecule has 1 aliphatic carbocycles. The van der Waals surface area contributed by atoms with Crippen molar-refractivity contribution in [3.63, 3.8) is 0 Å². The highest BCUT2D eigenvalue weighted by Crippen LogP contribution is 2.29. The molecule has 1 saturated carbocycles. The van der Waals surface area contributed by atoms with Crippen molar-refractivity contribution in [1.82, 2.24) is 4.90 Å². The number of furan rings is 1. The van der Waals surface area contributed by atoms with E-state index in [9.17, 15) is 9.90 Å². The van der Waals surface area contributed by atoms with Crippen LogP contribution in [0.2, 0.25) is 0 Å². The molecule has 4 nitrogen and oxygen atoms in total. The van der Waals surface area contributed by atoms with Crippen LogP contribution in [0.15, 0.2) is 16.7 Å². The summed E-state index contributed by atoms with van der Waals surface area (Å²) in [5.41, 5.74) is -0.296. The molecule has 0 atom stereocenters. The van der Waals surface area contributed by atoms with Gasteiger partial charge in [-0.1, -0.05) is 0 Å². The van der Waals surface area contributed by atoms with Crippen LogP contribution in [0.4, 0.5) is 0 Å². The molecule has 1 fully saturated rings. The van der Waals surface area contributed by atoms with Crippen LogP contribution < -0.4 is 0 Å². The van der Waals surface area contributed by atoms with Gasteiger partial charge in [-0.25, -0.2) is 0 Å². The van der Waals surface area contributed by atoms with Crippen LogP contribution in [-0.4, -0.2) is 34.1 Å². The van der Waals surface area contributed by atoms with E-state index < -0.39 is 5.60 Å². The average molecular weight is 237 g/mol. The molecule has 1 aliphatic rings. The minimum Gasteiger partial charge on any atom is -0.469 e. The van der Waals surface area contributed by atoms with Gasteiger partial charge >= 0.3 is 0 Å². The summed E-state index contributed by atoms with van der Waals surface area (Å²) in [5.74, 6) is 0.679. The second-order valence-corrected chi connectivity index (χ2v) is 5.42. The average Bonchev–Trinajstić information content (AvgIpc) is 2.96. The first-order chi connectivity index (χ1) is 7.87. The summed E-state index contributed by atoms with van der Waals surface area (Å²) in [5, 5.41) is 9.85. The van der Waals surface area contributed by atoms with Crippen LogP contribution in [0, 0.1) is 6.92 Å². The number of amides is 1. The Hall–Kier alpha value is -1.29. The number of carbonyl (C=O) groups excluding carboxylic acids is 1. The van der Waals surface area contributed by atoms with Crippen LogP contribution in [0.25, 0.3) is 0 Å². The molecular formula is C13H19NO3. The lowest BCUT2D eigenvalue weighted by molar-refractivity contribution is 0.0278. The van der Waals surface area contributed by atoms with Crippen molar-refractivity contribution in [1.29, 1.82) is 0 Å². The Morgan fingerprint density at radius 3 is 2.65 bits per heavy atom. The fourth-order valence-corrected chi connectivity index (χ4v) is 1.89. The van der Waals surface area contributed by atoms with Gasteiger partial charge < -0.3 is 14.4 Å². The fraction of sp³-hybridized carbons (Fsp3) is 0.615. The number of aryl methyl sites for hydroxylation is 1. The normalized spacial score (nSPS) is 16.0. The third-order valence-corrected chi connectivity index (χ3v) is 2.78. The van der Waals surface area contributed by atoms with E-state index in [1.165, 1.54) is 6.26 Å². The number of aliphatic hydroxyl groups is 1. The molecule has 4 heteroatoms. The highest BCUT2D eigenvalue weighted by atomic mass is 16.3. The number of hydrogen-bond acceptors (Lipinski definition) is 3. The Labute approximate surface area is 101 Å². The van der Waals surface area contributed by atoms with Crippen LogP contribution in [-0.2, 0) is 0 Å². The smallest absolute Gasteiger partial charge is 0.257 e. The molecule has 0 unspecified atom stereocenters. The molecule has 17 heavy (non-hydrogen) atoms. The lowest BCUT2D eigenvalue weighted by atomic mass is 10.1. The van der Waals surface area contributed by atoms with Gasteiger partial charge in [-0.3, -0.25) is 4.79 Å². The monoisotopic (exact) mass is 237 g/mol. The Morgan fingerprint density at radius 1 is 1.59 bits per heavy atom. The van der Waals surface area contributed by atoms with E-state index in [-0.39, 0.29) is 11.9 Å². The Morgan fingerprint density at radius 2 is 2.24 bits per heavy atom. The van der Waals surface area contributed by atoms with Crippen molar-refractivity contribution < 1.29 is 14.3 Å². The molecule has 1 amide bonds. The van der Waals surface area contributed by atoms with E-state index in [1.807, 2.05) is 6.92 Å². The number of hydrogen-bond donors (Lipinski definition) is 1. The van der Waals surface area contributed by atoms with Gasteiger partial charge in [-0.05, 0) is 39.7 Å². The topological polar surface area (TPSA) is 53.7 Å². The van der Waals surface area contributed by atoms with E-state index in [4.69, 9.17) is 4.42 Å². The van der Waals surface area contributed by atoms with E-state index in [1.54, 1.807) is 24.8 Å². The summed E-state index contributed by atoms with van der Waals surface area (Å²) in [4.78, 5) is 14.0. The SMILES string of the molecule is Cc1cc(C(=O)N(CC(C)(C)O)C2CC2)co1. The molecule has 0 radical (unpaired) electrons. The third kappa shape index (κ3) is 3.09. The summed E-state index contributed by atoms with van der Waals surface area (Å²) in [6, 6.07) is 2.02. The predicted molar refractivity (Wildman–Crippen MR) is 63.8 cm³/mol. The van der Waals surface area contributed by atoms with Crippen LogP contribution >= 0.6 is 0 Å². The summed E-state index contributed by atoms with van der Waals surface area (Å²) >= 11 is 0.